The Morgan fingerprint density at radius 3 is 2.67 bits per heavy atom. The van der Waals surface area contributed by atoms with Gasteiger partial charge in [-0.2, -0.15) is 0 Å². The van der Waals surface area contributed by atoms with Gasteiger partial charge < -0.3 is 0 Å². The molecule has 2 nitrogen and oxygen atoms in total. The first-order valence-corrected chi connectivity index (χ1v) is 7.16. The van der Waals surface area contributed by atoms with Gasteiger partial charge in [-0.1, -0.05) is 49.0 Å². The summed E-state index contributed by atoms with van der Waals surface area (Å²) in [7, 11) is 1.81. The lowest BCUT2D eigenvalue weighted by molar-refractivity contribution is -0.153. The summed E-state index contributed by atoms with van der Waals surface area (Å²) in [6, 6.07) is 5.80. The van der Waals surface area contributed by atoms with Crippen molar-refractivity contribution in [3.05, 3.63) is 33.8 Å². The summed E-state index contributed by atoms with van der Waals surface area (Å²) in [4.78, 5) is 5.91. The van der Waals surface area contributed by atoms with Crippen molar-refractivity contribution in [2.45, 2.75) is 38.2 Å². The molecule has 0 heterocycles. The van der Waals surface area contributed by atoms with Crippen LogP contribution in [0.2, 0.25) is 10.0 Å². The van der Waals surface area contributed by atoms with Crippen molar-refractivity contribution < 1.29 is 4.84 Å². The van der Waals surface area contributed by atoms with Gasteiger partial charge >= 0.3 is 0 Å². The Labute approximate surface area is 119 Å². The van der Waals surface area contributed by atoms with Crippen LogP contribution in [0.3, 0.4) is 0 Å². The van der Waals surface area contributed by atoms with Gasteiger partial charge in [0.05, 0.1) is 10.0 Å². The second-order valence-corrected chi connectivity index (χ2v) is 5.79. The predicted molar refractivity (Wildman–Crippen MR) is 75.9 cm³/mol. The van der Waals surface area contributed by atoms with Crippen molar-refractivity contribution in [1.82, 2.24) is 5.48 Å². The van der Waals surface area contributed by atoms with E-state index in [-0.39, 0.29) is 5.60 Å². The van der Waals surface area contributed by atoms with Crippen LogP contribution in [-0.4, -0.2) is 7.05 Å². The number of benzene rings is 1. The lowest BCUT2D eigenvalue weighted by Crippen LogP contribution is -2.42. The highest BCUT2D eigenvalue weighted by Crippen LogP contribution is 2.45. The predicted octanol–water partition coefficient (Wildman–Crippen LogP) is 4.55. The van der Waals surface area contributed by atoms with Crippen molar-refractivity contribution >= 4 is 23.2 Å². The molecule has 1 fully saturated rings. The Hall–Kier alpha value is -0.280. The molecule has 4 heteroatoms. The molecule has 1 N–H and O–H groups in total. The molecule has 100 valence electrons. The maximum Gasteiger partial charge on any atom is 0.117 e. The normalized spacial score (nSPS) is 28.3. The molecule has 2 atom stereocenters. The van der Waals surface area contributed by atoms with Crippen molar-refractivity contribution in [3.8, 4) is 0 Å². The third-order valence-corrected chi connectivity index (χ3v) is 4.66. The van der Waals surface area contributed by atoms with Crippen molar-refractivity contribution in [1.29, 1.82) is 0 Å². The second kappa shape index (κ2) is 5.79. The summed E-state index contributed by atoms with van der Waals surface area (Å²) < 4.78 is 0. The molecule has 2 rings (SSSR count). The molecule has 0 spiro atoms. The van der Waals surface area contributed by atoms with Crippen molar-refractivity contribution in [2.24, 2.45) is 5.92 Å². The molecule has 18 heavy (non-hydrogen) atoms. The van der Waals surface area contributed by atoms with Crippen LogP contribution in [0.1, 0.15) is 38.2 Å². The fraction of sp³-hybridized carbons (Fsp3) is 0.571. The highest BCUT2D eigenvalue weighted by Gasteiger charge is 2.41. The standard InChI is InChI=1S/C14H19Cl2NO/c1-10-5-3-4-8-14(10,18-17-2)11-6-7-12(15)13(16)9-11/h6-7,9-10,17H,3-5,8H2,1-2H3/t10-,14+/m1/s1. The van der Waals surface area contributed by atoms with Gasteiger partial charge in [0.1, 0.15) is 5.60 Å². The van der Waals surface area contributed by atoms with E-state index in [9.17, 15) is 0 Å². The molecule has 0 aliphatic heterocycles. The van der Waals surface area contributed by atoms with Gasteiger partial charge in [0, 0.05) is 7.05 Å². The Morgan fingerprint density at radius 1 is 1.28 bits per heavy atom. The molecular formula is C14H19Cl2NO. The van der Waals surface area contributed by atoms with E-state index in [1.165, 1.54) is 19.3 Å². The summed E-state index contributed by atoms with van der Waals surface area (Å²) in [6.45, 7) is 2.24. The fourth-order valence-corrected chi connectivity index (χ4v) is 3.20. The van der Waals surface area contributed by atoms with Crippen LogP contribution in [0.25, 0.3) is 0 Å². The zero-order valence-electron chi connectivity index (χ0n) is 10.8. The zero-order valence-corrected chi connectivity index (χ0v) is 12.3. The number of hydrogen-bond acceptors (Lipinski definition) is 2. The smallest absolute Gasteiger partial charge is 0.117 e. The monoisotopic (exact) mass is 287 g/mol. The maximum atomic E-state index is 6.13. The maximum absolute atomic E-state index is 6.13. The quantitative estimate of drug-likeness (QED) is 0.824. The van der Waals surface area contributed by atoms with Gasteiger partial charge in [0.15, 0.2) is 0 Å². The lowest BCUT2D eigenvalue weighted by Gasteiger charge is -2.42. The van der Waals surface area contributed by atoms with Crippen LogP contribution in [-0.2, 0) is 10.4 Å². The number of hydroxylamine groups is 1. The average molecular weight is 288 g/mol. The molecular weight excluding hydrogens is 269 g/mol. The van der Waals surface area contributed by atoms with E-state index in [4.69, 9.17) is 28.0 Å². The lowest BCUT2D eigenvalue weighted by atomic mass is 9.72. The first-order chi connectivity index (χ1) is 8.60. The third kappa shape index (κ3) is 2.53. The molecule has 0 unspecified atom stereocenters. The number of halogens is 2. The van der Waals surface area contributed by atoms with E-state index >= 15 is 0 Å². The summed E-state index contributed by atoms with van der Waals surface area (Å²) in [5, 5.41) is 1.18. The molecule has 1 aliphatic rings. The van der Waals surface area contributed by atoms with Gasteiger partial charge in [0.25, 0.3) is 0 Å². The Kier molecular flexibility index (Phi) is 4.54. The minimum absolute atomic E-state index is 0.290. The van der Waals surface area contributed by atoms with Gasteiger partial charge in [-0.05, 0) is 36.5 Å². The zero-order chi connectivity index (χ0) is 13.2. The van der Waals surface area contributed by atoms with E-state index in [0.717, 1.165) is 12.0 Å². The molecule has 0 radical (unpaired) electrons. The number of hydrogen-bond donors (Lipinski definition) is 1. The average Bonchev–Trinajstić information content (AvgIpc) is 2.36. The SMILES string of the molecule is CNO[C@@]1(c2ccc(Cl)c(Cl)c2)CCCC[C@H]1C. The van der Waals surface area contributed by atoms with Gasteiger partial charge in [-0.3, -0.25) is 4.84 Å². The Balaban J connectivity index is 2.42. The summed E-state index contributed by atoms with van der Waals surface area (Å²) in [6.07, 6.45) is 4.61. The minimum atomic E-state index is -0.290. The van der Waals surface area contributed by atoms with Crippen LogP contribution in [0, 0.1) is 5.92 Å². The molecule has 1 aromatic rings. The van der Waals surface area contributed by atoms with E-state index < -0.39 is 0 Å². The summed E-state index contributed by atoms with van der Waals surface area (Å²) >= 11 is 12.1. The van der Waals surface area contributed by atoms with E-state index in [1.54, 1.807) is 7.05 Å². The third-order valence-electron chi connectivity index (χ3n) is 3.92. The highest BCUT2D eigenvalue weighted by molar-refractivity contribution is 6.42. The van der Waals surface area contributed by atoms with Crippen LogP contribution in [0.15, 0.2) is 18.2 Å². The highest BCUT2D eigenvalue weighted by atomic mass is 35.5. The van der Waals surface area contributed by atoms with E-state index in [2.05, 4.69) is 12.4 Å². The summed E-state index contributed by atoms with van der Waals surface area (Å²) in [5.74, 6) is 0.455. The van der Waals surface area contributed by atoms with Crippen LogP contribution < -0.4 is 5.48 Å². The van der Waals surface area contributed by atoms with E-state index in [0.29, 0.717) is 16.0 Å². The molecule has 1 aromatic carbocycles. The van der Waals surface area contributed by atoms with Crippen molar-refractivity contribution in [3.63, 3.8) is 0 Å². The van der Waals surface area contributed by atoms with Crippen LogP contribution >= 0.6 is 23.2 Å². The van der Waals surface area contributed by atoms with E-state index in [1.807, 2.05) is 18.2 Å². The first-order valence-electron chi connectivity index (χ1n) is 6.40. The summed E-state index contributed by atoms with van der Waals surface area (Å²) in [5.41, 5.74) is 3.68. The molecule has 1 saturated carbocycles. The number of nitrogens with one attached hydrogen (secondary N) is 1. The van der Waals surface area contributed by atoms with Gasteiger partial charge in [-0.25, -0.2) is 5.48 Å². The second-order valence-electron chi connectivity index (χ2n) is 4.97. The van der Waals surface area contributed by atoms with Gasteiger partial charge in [0.2, 0.25) is 0 Å². The minimum Gasteiger partial charge on any atom is -0.290 e. The molecule has 0 amide bonds. The Morgan fingerprint density at radius 2 is 2.06 bits per heavy atom. The first kappa shape index (κ1) is 14.1. The number of rotatable bonds is 3. The van der Waals surface area contributed by atoms with Crippen LogP contribution in [0.5, 0.6) is 0 Å². The Bertz CT molecular complexity index is 420. The van der Waals surface area contributed by atoms with Gasteiger partial charge in [-0.15, -0.1) is 0 Å². The largest absolute Gasteiger partial charge is 0.290 e. The molecule has 0 bridgehead atoms. The molecule has 0 aromatic heterocycles. The molecule has 0 saturated heterocycles. The van der Waals surface area contributed by atoms with Crippen molar-refractivity contribution in [2.75, 3.05) is 7.05 Å². The topological polar surface area (TPSA) is 21.3 Å². The fourth-order valence-electron chi connectivity index (χ4n) is 2.90. The van der Waals surface area contributed by atoms with Crippen LogP contribution in [0.4, 0.5) is 0 Å². The molecule has 1 aliphatic carbocycles.